The van der Waals surface area contributed by atoms with Crippen molar-refractivity contribution in [1.29, 1.82) is 0 Å². The van der Waals surface area contributed by atoms with Crippen molar-refractivity contribution < 1.29 is 9.59 Å². The minimum absolute atomic E-state index is 0.0548. The lowest BCUT2D eigenvalue weighted by molar-refractivity contribution is -0.123. The van der Waals surface area contributed by atoms with Crippen LogP contribution < -0.4 is 4.90 Å². The highest BCUT2D eigenvalue weighted by Gasteiger charge is 2.87. The number of anilines is 1. The highest BCUT2D eigenvalue weighted by Crippen LogP contribution is 2.77. The lowest BCUT2D eigenvalue weighted by Crippen LogP contribution is -2.50. The van der Waals surface area contributed by atoms with Crippen LogP contribution in [-0.2, 0) is 9.59 Å². The smallest absolute Gasteiger partial charge is 0.240 e. The topological polar surface area (TPSA) is 37.4 Å². The van der Waals surface area contributed by atoms with Gasteiger partial charge in [-0.15, -0.1) is 23.2 Å². The van der Waals surface area contributed by atoms with Crippen LogP contribution >= 0.6 is 104 Å². The first-order valence-electron chi connectivity index (χ1n) is 7.17. The molecule has 0 spiro atoms. The summed E-state index contributed by atoms with van der Waals surface area (Å²) in [5, 5.41) is -0.139. The zero-order valence-corrected chi connectivity index (χ0v) is 19.3. The van der Waals surface area contributed by atoms with Gasteiger partial charge in [0.05, 0.1) is 42.7 Å². The fourth-order valence-electron chi connectivity index (χ4n) is 3.92. The number of imide groups is 1. The van der Waals surface area contributed by atoms with E-state index in [0.29, 0.717) is 0 Å². The number of hydrogen-bond acceptors (Lipinski definition) is 2. The second-order valence-corrected chi connectivity index (χ2v) is 10.8. The predicted octanol–water partition coefficient (Wildman–Crippen LogP) is 6.60. The minimum atomic E-state index is -1.99. The van der Waals surface area contributed by atoms with E-state index in [1.165, 1.54) is 12.1 Å². The number of amides is 2. The molecule has 2 bridgehead atoms. The molecule has 2 amide bonds. The van der Waals surface area contributed by atoms with E-state index in [2.05, 4.69) is 0 Å². The Morgan fingerprint density at radius 1 is 0.741 bits per heavy atom. The van der Waals surface area contributed by atoms with E-state index in [0.717, 1.165) is 4.90 Å². The van der Waals surface area contributed by atoms with Crippen LogP contribution in [0.5, 0.6) is 0 Å². The SMILES string of the molecule is O=C1C2C(C(=O)N1c1cc(Cl)c(Cl)c(Cl)c1)[C@@]1(Cl)C(Cl)=C(Cl)[C@]2(Cl)C1(Cl)Cl. The normalized spacial score (nSPS) is 36.9. The molecule has 12 heteroatoms. The van der Waals surface area contributed by atoms with Gasteiger partial charge in [-0.3, -0.25) is 9.59 Å². The molecule has 2 unspecified atom stereocenters. The molecule has 27 heavy (non-hydrogen) atoms. The first-order valence-corrected chi connectivity index (χ1v) is 10.6. The summed E-state index contributed by atoms with van der Waals surface area (Å²) in [6, 6.07) is 2.64. The van der Waals surface area contributed by atoms with Crippen LogP contribution in [-0.4, -0.2) is 25.9 Å². The molecule has 2 aliphatic carbocycles. The van der Waals surface area contributed by atoms with Gasteiger partial charge in [0.1, 0.15) is 9.75 Å². The molecule has 1 aromatic rings. The molecule has 3 nitrogen and oxygen atoms in total. The summed E-state index contributed by atoms with van der Waals surface area (Å²) in [6.45, 7) is 0. The molecule has 144 valence electrons. The van der Waals surface area contributed by atoms with Crippen LogP contribution in [0.4, 0.5) is 5.69 Å². The number of fused-ring (bicyclic) bond motifs is 5. The van der Waals surface area contributed by atoms with Gasteiger partial charge in [0.25, 0.3) is 0 Å². The molecular weight excluding hydrogens is 545 g/mol. The van der Waals surface area contributed by atoms with Gasteiger partial charge in [0.2, 0.25) is 11.8 Å². The molecule has 3 aliphatic rings. The molecule has 0 radical (unpaired) electrons. The first kappa shape index (κ1) is 21.0. The molecular formula is C15H4Cl9NO2. The molecule has 1 aromatic carbocycles. The second-order valence-electron chi connectivity index (χ2n) is 6.32. The molecule has 1 heterocycles. The second kappa shape index (κ2) is 6.12. The fourth-order valence-corrected chi connectivity index (χ4v) is 7.43. The zero-order chi connectivity index (χ0) is 20.3. The average Bonchev–Trinajstić information content (AvgIpc) is 2.97. The Balaban J connectivity index is 1.91. The quantitative estimate of drug-likeness (QED) is 0.225. The predicted molar refractivity (Wildman–Crippen MR) is 111 cm³/mol. The van der Waals surface area contributed by atoms with Crippen LogP contribution in [0.15, 0.2) is 22.2 Å². The maximum absolute atomic E-state index is 13.2. The molecule has 1 saturated heterocycles. The van der Waals surface area contributed by atoms with E-state index in [9.17, 15) is 9.59 Å². The van der Waals surface area contributed by atoms with Crippen molar-refractivity contribution in [3.8, 4) is 0 Å². The summed E-state index contributed by atoms with van der Waals surface area (Å²) in [6.07, 6.45) is 0. The van der Waals surface area contributed by atoms with E-state index in [1.807, 2.05) is 0 Å². The standard InChI is InChI=1S/C15H4Cl9NO2/c16-4-1-3(2-5(17)8(4)18)25-11(26)6-7(12(25)27)14(22)10(20)9(19)13(6,21)15(14,23)24/h1-2,6-7H/t6?,7?,13-,14+. The monoisotopic (exact) mass is 545 g/mol. The highest BCUT2D eigenvalue weighted by atomic mass is 35.5. The molecule has 0 N–H and O–H groups in total. The van der Waals surface area contributed by atoms with Crippen molar-refractivity contribution in [2.75, 3.05) is 4.90 Å². The summed E-state index contributed by atoms with van der Waals surface area (Å²) >= 11 is 56.5. The van der Waals surface area contributed by atoms with Crippen LogP contribution in [0.1, 0.15) is 0 Å². The summed E-state index contributed by atoms with van der Waals surface area (Å²) in [5.74, 6) is -3.88. The van der Waals surface area contributed by atoms with Gasteiger partial charge >= 0.3 is 0 Å². The first-order chi connectivity index (χ1) is 12.3. The van der Waals surface area contributed by atoms with Gasteiger partial charge in [-0.25, -0.2) is 4.90 Å². The Kier molecular flexibility index (Phi) is 4.75. The maximum Gasteiger partial charge on any atom is 0.240 e. The van der Waals surface area contributed by atoms with Gasteiger partial charge in [-0.1, -0.05) is 81.2 Å². The molecule has 4 atom stereocenters. The van der Waals surface area contributed by atoms with Gasteiger partial charge in [-0.2, -0.15) is 0 Å². The number of allylic oxidation sites excluding steroid dienone is 2. The van der Waals surface area contributed by atoms with E-state index >= 15 is 0 Å². The molecule has 1 aliphatic heterocycles. The third-order valence-corrected chi connectivity index (χ3v) is 10.6. The number of halogens is 9. The zero-order valence-electron chi connectivity index (χ0n) is 12.5. The van der Waals surface area contributed by atoms with Crippen molar-refractivity contribution in [3.05, 3.63) is 37.3 Å². The fraction of sp³-hybridized carbons (Fsp3) is 0.333. The summed E-state index contributed by atoms with van der Waals surface area (Å²) in [5.41, 5.74) is 0.0979. The Morgan fingerprint density at radius 3 is 1.48 bits per heavy atom. The number of alkyl halides is 4. The number of rotatable bonds is 1. The summed E-state index contributed by atoms with van der Waals surface area (Å²) in [7, 11) is 0. The third kappa shape index (κ3) is 2.17. The van der Waals surface area contributed by atoms with Crippen LogP contribution in [0.2, 0.25) is 15.1 Å². The van der Waals surface area contributed by atoms with E-state index < -0.39 is 37.7 Å². The van der Waals surface area contributed by atoms with Crippen molar-refractivity contribution in [2.45, 2.75) is 14.1 Å². The molecule has 4 rings (SSSR count). The van der Waals surface area contributed by atoms with E-state index in [4.69, 9.17) is 104 Å². The van der Waals surface area contributed by atoms with Crippen molar-refractivity contribution in [1.82, 2.24) is 0 Å². The Morgan fingerprint density at radius 2 is 1.11 bits per heavy atom. The number of hydrogen-bond donors (Lipinski definition) is 0. The molecule has 2 fully saturated rings. The minimum Gasteiger partial charge on any atom is -0.274 e. The van der Waals surface area contributed by atoms with Gasteiger partial charge in [0.15, 0.2) is 4.33 Å². The number of benzene rings is 1. The number of carbonyl (C=O) groups is 2. The summed E-state index contributed by atoms with van der Waals surface area (Å²) < 4.78 is -1.99. The van der Waals surface area contributed by atoms with Crippen LogP contribution in [0, 0.1) is 11.8 Å². The van der Waals surface area contributed by atoms with Crippen molar-refractivity contribution >= 4 is 122 Å². The summed E-state index contributed by atoms with van der Waals surface area (Å²) in [4.78, 5) is 23.5. The van der Waals surface area contributed by atoms with Gasteiger partial charge in [-0.05, 0) is 12.1 Å². The van der Waals surface area contributed by atoms with Gasteiger partial charge < -0.3 is 0 Å². The third-order valence-electron chi connectivity index (χ3n) is 5.14. The average molecular weight is 549 g/mol. The van der Waals surface area contributed by atoms with Crippen molar-refractivity contribution in [2.24, 2.45) is 11.8 Å². The van der Waals surface area contributed by atoms with E-state index in [1.54, 1.807) is 0 Å². The lowest BCUT2D eigenvalue weighted by Gasteiger charge is -2.34. The molecule has 0 aromatic heterocycles. The van der Waals surface area contributed by atoms with Crippen molar-refractivity contribution in [3.63, 3.8) is 0 Å². The van der Waals surface area contributed by atoms with E-state index in [-0.39, 0.29) is 30.8 Å². The van der Waals surface area contributed by atoms with Crippen LogP contribution in [0.3, 0.4) is 0 Å². The Bertz CT molecular complexity index is 907. The highest BCUT2D eigenvalue weighted by molar-refractivity contribution is 6.67. The lowest BCUT2D eigenvalue weighted by atomic mass is 9.84. The Labute approximate surface area is 198 Å². The Hall–Kier alpha value is 0.710. The largest absolute Gasteiger partial charge is 0.274 e. The maximum atomic E-state index is 13.2. The van der Waals surface area contributed by atoms with Gasteiger partial charge in [0, 0.05) is 0 Å². The number of nitrogens with zero attached hydrogens (tertiary/aromatic N) is 1. The number of carbonyl (C=O) groups excluding carboxylic acids is 2. The molecule has 1 saturated carbocycles. The van der Waals surface area contributed by atoms with Crippen LogP contribution in [0.25, 0.3) is 0 Å².